The lowest BCUT2D eigenvalue weighted by Gasteiger charge is -2.10. The highest BCUT2D eigenvalue weighted by Crippen LogP contribution is 2.24. The Morgan fingerprint density at radius 2 is 1.84 bits per heavy atom. The van der Waals surface area contributed by atoms with E-state index in [0.717, 1.165) is 0 Å². The predicted molar refractivity (Wildman–Crippen MR) is 70.3 cm³/mol. The maximum atomic E-state index is 11.3. The molecule has 7 nitrogen and oxygen atoms in total. The highest BCUT2D eigenvalue weighted by atomic mass is 32.2. The van der Waals surface area contributed by atoms with Gasteiger partial charge in [-0.15, -0.1) is 4.83 Å². The molecule has 102 valence electrons. The summed E-state index contributed by atoms with van der Waals surface area (Å²) >= 11 is 0. The summed E-state index contributed by atoms with van der Waals surface area (Å²) in [4.78, 5) is 13.0. The van der Waals surface area contributed by atoms with Crippen molar-refractivity contribution < 1.29 is 17.4 Å². The van der Waals surface area contributed by atoms with E-state index in [1.807, 2.05) is 0 Å². The van der Waals surface area contributed by atoms with Crippen LogP contribution < -0.4 is 15.9 Å². The summed E-state index contributed by atoms with van der Waals surface area (Å²) in [7, 11) is -4.34. The molecule has 0 saturated carbocycles. The third-order valence-corrected chi connectivity index (χ3v) is 2.97. The van der Waals surface area contributed by atoms with E-state index in [4.69, 9.17) is 8.97 Å². The summed E-state index contributed by atoms with van der Waals surface area (Å²) in [6.45, 7) is 3.45. The van der Waals surface area contributed by atoms with Gasteiger partial charge in [-0.25, -0.2) is 4.79 Å². The van der Waals surface area contributed by atoms with E-state index in [1.54, 1.807) is 30.8 Å². The maximum Gasteiger partial charge on any atom is 0.350 e. The molecule has 0 bridgehead atoms. The SMILES string of the molecule is Cc1cc2oc(=O)cc(C)c2cc1NNS(=O)(=O)O. The molecule has 0 atom stereocenters. The average molecular weight is 284 g/mol. The number of aryl methyl sites for hydroxylation is 2. The van der Waals surface area contributed by atoms with Crippen molar-refractivity contribution in [2.24, 2.45) is 0 Å². The summed E-state index contributed by atoms with van der Waals surface area (Å²) in [5.74, 6) is 0. The van der Waals surface area contributed by atoms with Gasteiger partial charge in [0.1, 0.15) is 5.58 Å². The van der Waals surface area contributed by atoms with Crippen molar-refractivity contribution in [1.29, 1.82) is 0 Å². The Kier molecular flexibility index (Phi) is 3.31. The topological polar surface area (TPSA) is 109 Å². The Hall–Kier alpha value is -1.90. The molecule has 8 heteroatoms. The lowest BCUT2D eigenvalue weighted by Crippen LogP contribution is -2.28. The Morgan fingerprint density at radius 1 is 1.16 bits per heavy atom. The van der Waals surface area contributed by atoms with E-state index in [0.29, 0.717) is 27.8 Å². The Morgan fingerprint density at radius 3 is 2.47 bits per heavy atom. The number of nitrogens with one attached hydrogen (secondary N) is 2. The lowest BCUT2D eigenvalue weighted by molar-refractivity contribution is 0.473. The zero-order valence-electron chi connectivity index (χ0n) is 10.2. The van der Waals surface area contributed by atoms with E-state index in [9.17, 15) is 13.2 Å². The van der Waals surface area contributed by atoms with Crippen molar-refractivity contribution in [3.05, 3.63) is 39.7 Å². The lowest BCUT2D eigenvalue weighted by atomic mass is 10.1. The number of hydrogen-bond acceptors (Lipinski definition) is 5. The first kappa shape index (κ1) is 13.5. The van der Waals surface area contributed by atoms with Crippen LogP contribution in [-0.2, 0) is 10.3 Å². The quantitative estimate of drug-likeness (QED) is 0.443. The molecule has 3 N–H and O–H groups in total. The second kappa shape index (κ2) is 4.65. The summed E-state index contributed by atoms with van der Waals surface area (Å²) in [6, 6.07) is 4.58. The molecule has 0 aliphatic rings. The van der Waals surface area contributed by atoms with Crippen LogP contribution in [0.1, 0.15) is 11.1 Å². The fourth-order valence-corrected chi connectivity index (χ4v) is 1.96. The van der Waals surface area contributed by atoms with Crippen molar-refractivity contribution in [1.82, 2.24) is 4.83 Å². The van der Waals surface area contributed by atoms with E-state index >= 15 is 0 Å². The Bertz CT molecular complexity index is 795. The molecule has 1 aromatic heterocycles. The minimum absolute atomic E-state index is 0.417. The normalized spacial score (nSPS) is 11.7. The predicted octanol–water partition coefficient (Wildman–Crippen LogP) is 1.13. The largest absolute Gasteiger partial charge is 0.423 e. The minimum atomic E-state index is -4.34. The van der Waals surface area contributed by atoms with Gasteiger partial charge in [0.25, 0.3) is 0 Å². The van der Waals surface area contributed by atoms with Crippen LogP contribution in [0.15, 0.2) is 27.4 Å². The Labute approximate surface area is 109 Å². The molecule has 0 aliphatic heterocycles. The molecule has 0 fully saturated rings. The smallest absolute Gasteiger partial charge is 0.350 e. The van der Waals surface area contributed by atoms with E-state index in [2.05, 4.69) is 5.43 Å². The highest BCUT2D eigenvalue weighted by Gasteiger charge is 2.08. The van der Waals surface area contributed by atoms with Gasteiger partial charge in [0, 0.05) is 11.5 Å². The first-order valence-corrected chi connectivity index (χ1v) is 6.75. The van der Waals surface area contributed by atoms with Crippen molar-refractivity contribution in [3.63, 3.8) is 0 Å². The van der Waals surface area contributed by atoms with Gasteiger partial charge in [-0.1, -0.05) is 0 Å². The molecule has 1 aromatic carbocycles. The van der Waals surface area contributed by atoms with Gasteiger partial charge >= 0.3 is 15.9 Å². The van der Waals surface area contributed by atoms with Crippen LogP contribution in [0.25, 0.3) is 11.0 Å². The summed E-state index contributed by atoms with van der Waals surface area (Å²) in [6.07, 6.45) is 0. The maximum absolute atomic E-state index is 11.3. The molecule has 19 heavy (non-hydrogen) atoms. The van der Waals surface area contributed by atoms with Crippen LogP contribution >= 0.6 is 0 Å². The van der Waals surface area contributed by atoms with Crippen LogP contribution in [0.3, 0.4) is 0 Å². The fraction of sp³-hybridized carbons (Fsp3) is 0.182. The minimum Gasteiger partial charge on any atom is -0.423 e. The second-order valence-electron chi connectivity index (χ2n) is 4.11. The van der Waals surface area contributed by atoms with Gasteiger partial charge in [-0.05, 0) is 37.1 Å². The van der Waals surface area contributed by atoms with Gasteiger partial charge in [0.15, 0.2) is 0 Å². The van der Waals surface area contributed by atoms with E-state index < -0.39 is 15.9 Å². The zero-order chi connectivity index (χ0) is 14.2. The molecule has 2 aromatic rings. The first-order chi connectivity index (χ1) is 8.76. The van der Waals surface area contributed by atoms with Gasteiger partial charge in [0.05, 0.1) is 5.69 Å². The molecular formula is C11H12N2O5S. The standard InChI is InChI=1S/C11H12N2O5S/c1-6-4-11(14)18-10-3-7(2)9(5-8(6)10)12-13-19(15,16)17/h3-5,12-13H,1-2H3,(H,15,16,17). The van der Waals surface area contributed by atoms with E-state index in [1.165, 1.54) is 6.07 Å². The molecule has 1 heterocycles. The average Bonchev–Trinajstić information content (AvgIpc) is 2.25. The first-order valence-electron chi connectivity index (χ1n) is 5.31. The number of anilines is 1. The third kappa shape index (κ3) is 3.11. The number of hydrazine groups is 1. The van der Waals surface area contributed by atoms with Crippen LogP contribution in [0.2, 0.25) is 0 Å². The number of benzene rings is 1. The van der Waals surface area contributed by atoms with Gasteiger partial charge in [0.2, 0.25) is 0 Å². The third-order valence-electron chi connectivity index (χ3n) is 2.61. The van der Waals surface area contributed by atoms with Crippen molar-refractivity contribution in [2.75, 3.05) is 5.43 Å². The molecule has 0 aliphatic carbocycles. The van der Waals surface area contributed by atoms with Gasteiger partial charge < -0.3 is 9.84 Å². The van der Waals surface area contributed by atoms with Gasteiger partial charge in [-0.2, -0.15) is 8.42 Å². The fourth-order valence-electron chi connectivity index (χ4n) is 1.72. The Balaban J connectivity index is 2.52. The van der Waals surface area contributed by atoms with Crippen LogP contribution in [0.5, 0.6) is 0 Å². The van der Waals surface area contributed by atoms with Crippen molar-refractivity contribution >= 4 is 27.0 Å². The highest BCUT2D eigenvalue weighted by molar-refractivity contribution is 7.83. The molecule has 0 unspecified atom stereocenters. The van der Waals surface area contributed by atoms with E-state index in [-0.39, 0.29) is 0 Å². The number of hydrogen-bond donors (Lipinski definition) is 3. The second-order valence-corrected chi connectivity index (χ2v) is 5.27. The van der Waals surface area contributed by atoms with Gasteiger partial charge in [-0.3, -0.25) is 4.55 Å². The zero-order valence-corrected chi connectivity index (χ0v) is 11.0. The van der Waals surface area contributed by atoms with Crippen LogP contribution in [0.4, 0.5) is 5.69 Å². The monoisotopic (exact) mass is 284 g/mol. The van der Waals surface area contributed by atoms with Crippen LogP contribution in [0, 0.1) is 13.8 Å². The molecule has 0 radical (unpaired) electrons. The molecule has 2 rings (SSSR count). The molecule has 0 amide bonds. The number of fused-ring (bicyclic) bond motifs is 1. The summed E-state index contributed by atoms with van der Waals surface area (Å²) < 4.78 is 34.9. The molecule has 0 spiro atoms. The van der Waals surface area contributed by atoms with Crippen molar-refractivity contribution in [2.45, 2.75) is 13.8 Å². The molecule has 0 saturated heterocycles. The van der Waals surface area contributed by atoms with Crippen molar-refractivity contribution in [3.8, 4) is 0 Å². The summed E-state index contributed by atoms with van der Waals surface area (Å²) in [5, 5.41) is 0.671. The summed E-state index contributed by atoms with van der Waals surface area (Å²) in [5.41, 5.74) is 4.16. The molecular weight excluding hydrogens is 272 g/mol. The number of rotatable bonds is 3. The van der Waals surface area contributed by atoms with Crippen LogP contribution in [-0.4, -0.2) is 13.0 Å².